The lowest BCUT2D eigenvalue weighted by Crippen LogP contribution is -2.13. The van der Waals surface area contributed by atoms with Crippen LogP contribution in [0.1, 0.15) is 16.8 Å². The largest absolute Gasteiger partial charge is 0.496 e. The van der Waals surface area contributed by atoms with E-state index >= 15 is 0 Å². The monoisotopic (exact) mass is 350 g/mol. The lowest BCUT2D eigenvalue weighted by atomic mass is 10.0. The Hall–Kier alpha value is -2.92. The Morgan fingerprint density at radius 2 is 1.84 bits per heavy atom. The molecule has 126 valence electrons. The number of hydrogen-bond donors (Lipinski definition) is 1. The topological polar surface area (TPSA) is 51.2 Å². The molecular formula is C20H18N2O2S. The van der Waals surface area contributed by atoms with Crippen LogP contribution in [-0.4, -0.2) is 18.0 Å². The summed E-state index contributed by atoms with van der Waals surface area (Å²) < 4.78 is 5.40. The molecule has 0 aliphatic carbocycles. The predicted octanol–water partition coefficient (Wildman–Crippen LogP) is 4.64. The van der Waals surface area contributed by atoms with Crippen molar-refractivity contribution in [3.05, 3.63) is 76.8 Å². The first kappa shape index (κ1) is 16.9. The second kappa shape index (κ2) is 7.77. The Morgan fingerprint density at radius 1 is 1.12 bits per heavy atom. The van der Waals surface area contributed by atoms with Gasteiger partial charge < -0.3 is 4.74 Å². The molecule has 0 bridgehead atoms. The molecule has 1 amide bonds. The average Bonchev–Trinajstić information content (AvgIpc) is 3.05. The number of carbonyl (C=O) groups is 1. The van der Waals surface area contributed by atoms with Gasteiger partial charge in [0.2, 0.25) is 0 Å². The first-order valence-corrected chi connectivity index (χ1v) is 8.69. The van der Waals surface area contributed by atoms with Gasteiger partial charge in [-0.1, -0.05) is 48.5 Å². The van der Waals surface area contributed by atoms with Crippen molar-refractivity contribution >= 4 is 34.0 Å². The van der Waals surface area contributed by atoms with E-state index < -0.39 is 0 Å². The van der Waals surface area contributed by atoms with E-state index in [1.807, 2.05) is 73.0 Å². The van der Waals surface area contributed by atoms with Crippen LogP contribution in [0.15, 0.2) is 60.0 Å². The third-order valence-corrected chi connectivity index (χ3v) is 4.48. The fraction of sp³-hybridized carbons (Fsp3) is 0.100. The first-order chi connectivity index (χ1) is 12.2. The molecule has 25 heavy (non-hydrogen) atoms. The van der Waals surface area contributed by atoms with E-state index in [1.54, 1.807) is 7.11 Å². The molecule has 0 spiro atoms. The number of benzene rings is 2. The quantitative estimate of drug-likeness (QED) is 0.539. The van der Waals surface area contributed by atoms with E-state index in [0.29, 0.717) is 16.5 Å². The fourth-order valence-electron chi connectivity index (χ4n) is 2.41. The van der Waals surface area contributed by atoms with Gasteiger partial charge >= 0.3 is 0 Å². The second-order valence-electron chi connectivity index (χ2n) is 5.41. The van der Waals surface area contributed by atoms with Crippen LogP contribution < -0.4 is 10.1 Å². The molecule has 1 heterocycles. The molecule has 0 radical (unpaired) electrons. The van der Waals surface area contributed by atoms with Gasteiger partial charge in [-0.05, 0) is 24.6 Å². The number of carbonyl (C=O) groups excluding carboxylic acids is 1. The molecule has 5 heteroatoms. The summed E-state index contributed by atoms with van der Waals surface area (Å²) in [6, 6.07) is 17.2. The summed E-state index contributed by atoms with van der Waals surface area (Å²) in [7, 11) is 1.62. The summed E-state index contributed by atoms with van der Waals surface area (Å²) >= 11 is 1.41. The van der Waals surface area contributed by atoms with Gasteiger partial charge in [0.25, 0.3) is 5.91 Å². The van der Waals surface area contributed by atoms with Gasteiger partial charge in [0, 0.05) is 16.5 Å². The van der Waals surface area contributed by atoms with Crippen molar-refractivity contribution < 1.29 is 9.53 Å². The van der Waals surface area contributed by atoms with Crippen LogP contribution in [-0.2, 0) is 4.79 Å². The van der Waals surface area contributed by atoms with Crippen LogP contribution in [0, 0.1) is 6.92 Å². The van der Waals surface area contributed by atoms with Crippen LogP contribution in [0.4, 0.5) is 5.13 Å². The number of nitrogens with zero attached hydrogens (tertiary/aromatic N) is 1. The molecule has 0 atom stereocenters. The molecule has 3 rings (SSSR count). The third-order valence-electron chi connectivity index (χ3n) is 3.61. The van der Waals surface area contributed by atoms with E-state index in [9.17, 15) is 4.79 Å². The Balaban J connectivity index is 2.01. The molecule has 0 unspecified atom stereocenters. The van der Waals surface area contributed by atoms with Gasteiger partial charge in [-0.25, -0.2) is 4.98 Å². The number of hydrogen-bond acceptors (Lipinski definition) is 4. The maximum atomic E-state index is 12.9. The van der Waals surface area contributed by atoms with Crippen LogP contribution in [0.5, 0.6) is 5.75 Å². The summed E-state index contributed by atoms with van der Waals surface area (Å²) in [6.07, 6.45) is 1.84. The number of aromatic nitrogens is 1. The molecule has 1 aromatic heterocycles. The van der Waals surface area contributed by atoms with E-state index in [0.717, 1.165) is 16.8 Å². The van der Waals surface area contributed by atoms with E-state index in [2.05, 4.69) is 10.3 Å². The van der Waals surface area contributed by atoms with E-state index in [4.69, 9.17) is 4.74 Å². The van der Waals surface area contributed by atoms with Crippen LogP contribution in [0.2, 0.25) is 0 Å². The maximum absolute atomic E-state index is 12.9. The Morgan fingerprint density at radius 3 is 2.52 bits per heavy atom. The number of thiazole rings is 1. The van der Waals surface area contributed by atoms with Gasteiger partial charge in [-0.15, -0.1) is 11.3 Å². The number of methoxy groups -OCH3 is 1. The van der Waals surface area contributed by atoms with Crippen molar-refractivity contribution in [3.8, 4) is 5.75 Å². The summed E-state index contributed by atoms with van der Waals surface area (Å²) in [4.78, 5) is 17.2. The van der Waals surface area contributed by atoms with Crippen molar-refractivity contribution in [2.24, 2.45) is 0 Å². The van der Waals surface area contributed by atoms with Gasteiger partial charge in [0.15, 0.2) is 5.13 Å². The molecule has 2 aromatic carbocycles. The van der Waals surface area contributed by atoms with Crippen molar-refractivity contribution in [1.29, 1.82) is 0 Å². The van der Waals surface area contributed by atoms with Gasteiger partial charge in [0.1, 0.15) is 5.75 Å². The zero-order valence-electron chi connectivity index (χ0n) is 14.0. The van der Waals surface area contributed by atoms with Gasteiger partial charge in [-0.3, -0.25) is 10.1 Å². The van der Waals surface area contributed by atoms with Gasteiger partial charge in [-0.2, -0.15) is 0 Å². The van der Waals surface area contributed by atoms with Gasteiger partial charge in [0.05, 0.1) is 12.8 Å². The average molecular weight is 350 g/mol. The zero-order valence-corrected chi connectivity index (χ0v) is 14.8. The maximum Gasteiger partial charge on any atom is 0.258 e. The third kappa shape index (κ3) is 4.14. The normalized spacial score (nSPS) is 11.2. The number of para-hydroxylation sites is 1. The minimum atomic E-state index is -0.202. The SMILES string of the molecule is COc1ccccc1C=C(C(=O)Nc1nc(C)cs1)c1ccccc1. The van der Waals surface area contributed by atoms with Crippen LogP contribution in [0.3, 0.4) is 0 Å². The van der Waals surface area contributed by atoms with Crippen molar-refractivity contribution in [1.82, 2.24) is 4.98 Å². The highest BCUT2D eigenvalue weighted by atomic mass is 32.1. The molecule has 0 saturated heterocycles. The number of amides is 1. The molecule has 3 aromatic rings. The number of rotatable bonds is 5. The van der Waals surface area contributed by atoms with Crippen molar-refractivity contribution in [2.45, 2.75) is 6.92 Å². The highest BCUT2D eigenvalue weighted by molar-refractivity contribution is 7.14. The number of ether oxygens (including phenoxy) is 1. The minimum Gasteiger partial charge on any atom is -0.496 e. The standard InChI is InChI=1S/C20H18N2O2S/c1-14-13-25-20(21-14)22-19(23)17(15-8-4-3-5-9-15)12-16-10-6-7-11-18(16)24-2/h3-13H,1-2H3,(H,21,22,23). The van der Waals surface area contributed by atoms with E-state index in [-0.39, 0.29) is 5.91 Å². The summed E-state index contributed by atoms with van der Waals surface area (Å²) in [6.45, 7) is 1.90. The van der Waals surface area contributed by atoms with Crippen molar-refractivity contribution in [3.63, 3.8) is 0 Å². The minimum absolute atomic E-state index is 0.202. The van der Waals surface area contributed by atoms with E-state index in [1.165, 1.54) is 11.3 Å². The molecule has 1 N–H and O–H groups in total. The molecule has 4 nitrogen and oxygen atoms in total. The van der Waals surface area contributed by atoms with Crippen LogP contribution in [0.25, 0.3) is 11.6 Å². The number of nitrogens with one attached hydrogen (secondary N) is 1. The molecule has 0 aliphatic rings. The Kier molecular flexibility index (Phi) is 5.26. The van der Waals surface area contributed by atoms with Crippen molar-refractivity contribution in [2.75, 3.05) is 12.4 Å². The second-order valence-corrected chi connectivity index (χ2v) is 6.27. The first-order valence-electron chi connectivity index (χ1n) is 7.81. The number of aryl methyl sites for hydroxylation is 1. The lowest BCUT2D eigenvalue weighted by Gasteiger charge is -2.10. The number of anilines is 1. The molecule has 0 aliphatic heterocycles. The Bertz CT molecular complexity index is 901. The fourth-order valence-corrected chi connectivity index (χ4v) is 3.10. The molecular weight excluding hydrogens is 332 g/mol. The van der Waals surface area contributed by atoms with Crippen LogP contribution >= 0.6 is 11.3 Å². The smallest absolute Gasteiger partial charge is 0.258 e. The predicted molar refractivity (Wildman–Crippen MR) is 103 cm³/mol. The zero-order chi connectivity index (χ0) is 17.6. The summed E-state index contributed by atoms with van der Waals surface area (Å²) in [5.74, 6) is 0.514. The summed E-state index contributed by atoms with van der Waals surface area (Å²) in [5.41, 5.74) is 3.11. The molecule has 0 fully saturated rings. The highest BCUT2D eigenvalue weighted by Gasteiger charge is 2.15. The highest BCUT2D eigenvalue weighted by Crippen LogP contribution is 2.26. The molecule has 0 saturated carbocycles. The summed E-state index contributed by atoms with van der Waals surface area (Å²) in [5, 5.41) is 5.37. The Labute approximate surface area is 150 Å². The lowest BCUT2D eigenvalue weighted by molar-refractivity contribution is -0.111.